The van der Waals surface area contributed by atoms with Crippen molar-refractivity contribution in [2.24, 2.45) is 5.41 Å². The maximum absolute atomic E-state index is 12.9. The topological polar surface area (TPSA) is 62.3 Å². The van der Waals surface area contributed by atoms with E-state index in [0.717, 1.165) is 43.5 Å². The molecule has 2 amide bonds. The second-order valence-electron chi connectivity index (χ2n) is 8.73. The predicted octanol–water partition coefficient (Wildman–Crippen LogP) is 4.23. The number of hydrogen-bond acceptors (Lipinski definition) is 3. The van der Waals surface area contributed by atoms with Crippen LogP contribution in [0.2, 0.25) is 0 Å². The molecular weight excluding hydrogens is 419 g/mol. The zero-order valence-corrected chi connectivity index (χ0v) is 17.7. The number of rotatable bonds is 5. The first kappa shape index (κ1) is 22.3. The van der Waals surface area contributed by atoms with Gasteiger partial charge in [0.05, 0.1) is 0 Å². The molecule has 2 aromatic rings. The predicted molar refractivity (Wildman–Crippen MR) is 113 cm³/mol. The first-order chi connectivity index (χ1) is 15.3. The molecule has 1 aliphatic heterocycles. The van der Waals surface area contributed by atoms with Crippen LogP contribution < -0.4 is 5.32 Å². The lowest BCUT2D eigenvalue weighted by Crippen LogP contribution is -2.59. The highest BCUT2D eigenvalue weighted by atomic mass is 19.4. The molecule has 2 heterocycles. The van der Waals surface area contributed by atoms with Crippen molar-refractivity contribution in [3.63, 3.8) is 0 Å². The average molecular weight is 445 g/mol. The molecule has 1 N–H and O–H groups in total. The van der Waals surface area contributed by atoms with Crippen molar-refractivity contribution in [3.05, 3.63) is 65.5 Å². The molecule has 170 valence electrons. The molecule has 1 aromatic heterocycles. The molecular formula is C24H26F3N3O2. The van der Waals surface area contributed by atoms with Gasteiger partial charge in [0.25, 0.3) is 5.91 Å². The Bertz CT molecular complexity index is 970. The van der Waals surface area contributed by atoms with Crippen LogP contribution in [0.1, 0.15) is 53.7 Å². The Kier molecular flexibility index (Phi) is 6.22. The van der Waals surface area contributed by atoms with Gasteiger partial charge in [-0.2, -0.15) is 13.2 Å². The number of aromatic nitrogens is 1. The van der Waals surface area contributed by atoms with Gasteiger partial charge in [0, 0.05) is 37.3 Å². The van der Waals surface area contributed by atoms with Crippen molar-refractivity contribution < 1.29 is 22.8 Å². The van der Waals surface area contributed by atoms with Gasteiger partial charge in [-0.15, -0.1) is 0 Å². The quantitative estimate of drug-likeness (QED) is 0.749. The van der Waals surface area contributed by atoms with Gasteiger partial charge in [0.1, 0.15) is 5.69 Å². The molecule has 8 heteroatoms. The van der Waals surface area contributed by atoms with Gasteiger partial charge in [-0.1, -0.05) is 30.3 Å². The lowest BCUT2D eigenvalue weighted by molar-refractivity contribution is -0.141. The van der Waals surface area contributed by atoms with E-state index in [1.54, 1.807) is 4.90 Å². The van der Waals surface area contributed by atoms with Crippen molar-refractivity contribution in [3.8, 4) is 0 Å². The van der Waals surface area contributed by atoms with Crippen molar-refractivity contribution in [2.75, 3.05) is 13.1 Å². The highest BCUT2D eigenvalue weighted by molar-refractivity contribution is 5.94. The molecule has 1 unspecified atom stereocenters. The number of aryl methyl sites for hydroxylation is 1. The number of alkyl halides is 3. The first-order valence-corrected chi connectivity index (χ1v) is 10.9. The summed E-state index contributed by atoms with van der Waals surface area (Å²) >= 11 is 0. The van der Waals surface area contributed by atoms with Crippen LogP contribution in [0.3, 0.4) is 0 Å². The molecule has 0 bridgehead atoms. The number of amides is 2. The molecule has 32 heavy (non-hydrogen) atoms. The summed E-state index contributed by atoms with van der Waals surface area (Å²) in [5.41, 5.74) is 0.0495. The van der Waals surface area contributed by atoms with Crippen LogP contribution in [0.25, 0.3) is 0 Å². The van der Waals surface area contributed by atoms with Gasteiger partial charge < -0.3 is 10.2 Å². The Hall–Kier alpha value is -2.90. The van der Waals surface area contributed by atoms with Crippen LogP contribution in [0.5, 0.6) is 0 Å². The van der Waals surface area contributed by atoms with Gasteiger partial charge >= 0.3 is 6.18 Å². The molecule has 1 aromatic carbocycles. The Labute approximate surface area is 185 Å². The van der Waals surface area contributed by atoms with Crippen LogP contribution in [-0.2, 0) is 17.4 Å². The van der Waals surface area contributed by atoms with Crippen molar-refractivity contribution in [1.82, 2.24) is 15.2 Å². The second kappa shape index (κ2) is 8.92. The van der Waals surface area contributed by atoms with E-state index in [2.05, 4.69) is 10.3 Å². The summed E-state index contributed by atoms with van der Waals surface area (Å²) in [5, 5.41) is 3.17. The lowest BCUT2D eigenvalue weighted by Gasteiger charge is -2.54. The summed E-state index contributed by atoms with van der Waals surface area (Å²) in [7, 11) is 0. The number of nitrogens with zero attached hydrogens (tertiary/aromatic N) is 2. The van der Waals surface area contributed by atoms with E-state index in [9.17, 15) is 22.8 Å². The number of likely N-dealkylation sites (tertiary alicyclic amines) is 1. The Morgan fingerprint density at radius 1 is 1.09 bits per heavy atom. The number of piperidine rings is 1. The smallest absolute Gasteiger partial charge is 0.353 e. The zero-order chi connectivity index (χ0) is 22.8. The Morgan fingerprint density at radius 3 is 2.44 bits per heavy atom. The molecule has 1 aliphatic carbocycles. The number of carbonyl (C=O) groups excluding carboxylic acids is 2. The van der Waals surface area contributed by atoms with Crippen molar-refractivity contribution >= 4 is 11.8 Å². The highest BCUT2D eigenvalue weighted by Gasteiger charge is 2.49. The number of hydrogen-bond donors (Lipinski definition) is 1. The maximum Gasteiger partial charge on any atom is 0.433 e. The fourth-order valence-electron chi connectivity index (χ4n) is 4.75. The molecule has 4 rings (SSSR count). The van der Waals surface area contributed by atoms with Gasteiger partial charge in [-0.3, -0.25) is 14.6 Å². The van der Waals surface area contributed by atoms with Crippen LogP contribution >= 0.6 is 0 Å². The second-order valence-corrected chi connectivity index (χ2v) is 8.73. The van der Waals surface area contributed by atoms with Gasteiger partial charge in [0.2, 0.25) is 5.91 Å². The third kappa shape index (κ3) is 4.79. The molecule has 2 fully saturated rings. The Balaban J connectivity index is 1.30. The zero-order valence-electron chi connectivity index (χ0n) is 17.7. The van der Waals surface area contributed by atoms with Crippen molar-refractivity contribution in [1.29, 1.82) is 0 Å². The summed E-state index contributed by atoms with van der Waals surface area (Å²) in [6.07, 6.45) is 0.954. The van der Waals surface area contributed by atoms with E-state index in [0.29, 0.717) is 25.9 Å². The van der Waals surface area contributed by atoms with Crippen LogP contribution in [-0.4, -0.2) is 40.8 Å². The minimum Gasteiger partial charge on any atom is -0.353 e. The lowest BCUT2D eigenvalue weighted by atomic mass is 9.59. The molecule has 5 nitrogen and oxygen atoms in total. The van der Waals surface area contributed by atoms with E-state index < -0.39 is 17.8 Å². The van der Waals surface area contributed by atoms with E-state index in [1.165, 1.54) is 6.07 Å². The molecule has 1 saturated carbocycles. The number of benzene rings is 1. The van der Waals surface area contributed by atoms with Gasteiger partial charge in [0.15, 0.2) is 0 Å². The fourth-order valence-corrected chi connectivity index (χ4v) is 4.75. The minimum atomic E-state index is -4.58. The molecule has 1 atom stereocenters. The third-order valence-electron chi connectivity index (χ3n) is 6.83. The summed E-state index contributed by atoms with van der Waals surface area (Å²) in [5.74, 6) is -0.372. The fraction of sp³-hybridized carbons (Fsp3) is 0.458. The van der Waals surface area contributed by atoms with Gasteiger partial charge in [-0.25, -0.2) is 0 Å². The molecule has 1 spiro atoms. The van der Waals surface area contributed by atoms with E-state index in [4.69, 9.17) is 0 Å². The average Bonchev–Trinajstić information content (AvgIpc) is 2.80. The number of carbonyl (C=O) groups is 2. The standard InChI is InChI=1S/C24H26F3N3O2/c25-24(26,27)20-16-18(9-13-28-20)22(32)30-14-11-23(12-15-30)10-8-19(23)29-21(31)7-6-17-4-2-1-3-5-17/h1-5,9,13,16,19H,6-8,10-12,14-15H2,(H,29,31). The maximum atomic E-state index is 12.9. The number of pyridine rings is 1. The van der Waals surface area contributed by atoms with Crippen LogP contribution in [0, 0.1) is 5.41 Å². The molecule has 1 saturated heterocycles. The third-order valence-corrected chi connectivity index (χ3v) is 6.83. The van der Waals surface area contributed by atoms with Crippen LogP contribution in [0.15, 0.2) is 48.7 Å². The van der Waals surface area contributed by atoms with Gasteiger partial charge in [-0.05, 0) is 55.2 Å². The SMILES string of the molecule is O=C(CCc1ccccc1)NC1CCC12CCN(C(=O)c1ccnc(C(F)(F)F)c1)CC2. The summed E-state index contributed by atoms with van der Waals surface area (Å²) < 4.78 is 38.7. The van der Waals surface area contributed by atoms with Crippen molar-refractivity contribution in [2.45, 2.75) is 50.7 Å². The normalized spacial score (nSPS) is 20.0. The Morgan fingerprint density at radius 2 is 1.81 bits per heavy atom. The van der Waals surface area contributed by atoms with Crippen LogP contribution in [0.4, 0.5) is 13.2 Å². The minimum absolute atomic E-state index is 0.00245. The first-order valence-electron chi connectivity index (χ1n) is 10.9. The largest absolute Gasteiger partial charge is 0.433 e. The summed E-state index contributed by atoms with van der Waals surface area (Å²) in [4.78, 5) is 30.1. The summed E-state index contributed by atoms with van der Waals surface area (Å²) in [6.45, 7) is 0.942. The van der Waals surface area contributed by atoms with E-state index >= 15 is 0 Å². The molecule has 0 radical (unpaired) electrons. The number of halogens is 3. The number of nitrogens with one attached hydrogen (secondary N) is 1. The van der Waals surface area contributed by atoms with E-state index in [-0.39, 0.29) is 22.9 Å². The van der Waals surface area contributed by atoms with E-state index in [1.807, 2.05) is 30.3 Å². The highest BCUT2D eigenvalue weighted by Crippen LogP contribution is 2.49. The monoisotopic (exact) mass is 445 g/mol. The summed E-state index contributed by atoms with van der Waals surface area (Å²) in [6, 6.07) is 12.1. The molecule has 2 aliphatic rings.